The lowest BCUT2D eigenvalue weighted by Gasteiger charge is -2.11. The van der Waals surface area contributed by atoms with Crippen LogP contribution in [0.1, 0.15) is 5.56 Å². The highest BCUT2D eigenvalue weighted by molar-refractivity contribution is 7.91. The molecular formula is C13H13F2N3O4S. The molecule has 1 N–H and O–H groups in total. The number of hydrogen-bond donors (Lipinski definition) is 1. The van der Waals surface area contributed by atoms with Crippen LogP contribution in [0.25, 0.3) is 0 Å². The van der Waals surface area contributed by atoms with Crippen molar-refractivity contribution in [1.29, 1.82) is 0 Å². The second-order valence-corrected chi connectivity index (χ2v) is 6.14. The number of aromatic nitrogens is 2. The minimum absolute atomic E-state index is 0.00278. The van der Waals surface area contributed by atoms with Gasteiger partial charge in [0.05, 0.1) is 26.2 Å². The highest BCUT2D eigenvalue weighted by Crippen LogP contribution is 2.24. The Morgan fingerprint density at radius 3 is 2.35 bits per heavy atom. The van der Waals surface area contributed by atoms with Crippen molar-refractivity contribution in [1.82, 2.24) is 9.97 Å². The molecule has 2 rings (SSSR count). The quantitative estimate of drug-likeness (QED) is 0.857. The first-order chi connectivity index (χ1) is 10.8. The first-order valence-corrected chi connectivity index (χ1v) is 7.88. The maximum atomic E-state index is 13.1. The molecule has 0 bridgehead atoms. The molecule has 23 heavy (non-hydrogen) atoms. The molecule has 2 aromatic rings. The van der Waals surface area contributed by atoms with E-state index in [2.05, 4.69) is 14.7 Å². The first-order valence-electron chi connectivity index (χ1n) is 6.23. The summed E-state index contributed by atoms with van der Waals surface area (Å²) in [5.74, 6) is -2.40. The van der Waals surface area contributed by atoms with Crippen LogP contribution in [0.15, 0.2) is 24.4 Å². The number of nitrogens with one attached hydrogen (secondary N) is 1. The van der Waals surface area contributed by atoms with E-state index in [1.165, 1.54) is 14.2 Å². The molecule has 0 aliphatic rings. The summed E-state index contributed by atoms with van der Waals surface area (Å²) < 4.78 is 62.4. The summed E-state index contributed by atoms with van der Waals surface area (Å²) in [5, 5.41) is 0. The van der Waals surface area contributed by atoms with Gasteiger partial charge in [-0.3, -0.25) is 4.72 Å². The van der Waals surface area contributed by atoms with Crippen LogP contribution in [-0.4, -0.2) is 32.6 Å². The molecule has 0 saturated carbocycles. The van der Waals surface area contributed by atoms with E-state index >= 15 is 0 Å². The van der Waals surface area contributed by atoms with Gasteiger partial charge in [0.2, 0.25) is 15.9 Å². The van der Waals surface area contributed by atoms with E-state index in [1.807, 2.05) is 0 Å². The lowest BCUT2D eigenvalue weighted by atomic mass is 10.2. The van der Waals surface area contributed by atoms with Gasteiger partial charge >= 0.3 is 6.01 Å². The zero-order valence-corrected chi connectivity index (χ0v) is 13.0. The average molecular weight is 345 g/mol. The fraction of sp³-hybridized carbons (Fsp3) is 0.231. The smallest absolute Gasteiger partial charge is 0.319 e. The molecular weight excluding hydrogens is 332 g/mol. The van der Waals surface area contributed by atoms with E-state index in [9.17, 15) is 17.2 Å². The number of nitrogens with zero attached hydrogens (tertiary/aromatic N) is 2. The van der Waals surface area contributed by atoms with Crippen LogP contribution in [0.3, 0.4) is 0 Å². The minimum Gasteiger partial charge on any atom is -0.479 e. The zero-order valence-electron chi connectivity index (χ0n) is 12.2. The van der Waals surface area contributed by atoms with Gasteiger partial charge in [-0.05, 0) is 17.7 Å². The topological polar surface area (TPSA) is 90.4 Å². The van der Waals surface area contributed by atoms with Crippen molar-refractivity contribution in [3.05, 3.63) is 41.6 Å². The number of benzene rings is 1. The van der Waals surface area contributed by atoms with Gasteiger partial charge in [-0.2, -0.15) is 4.98 Å². The molecule has 0 aliphatic heterocycles. The Hall–Kier alpha value is -2.49. The Morgan fingerprint density at radius 1 is 1.13 bits per heavy atom. The van der Waals surface area contributed by atoms with Crippen LogP contribution in [0.2, 0.25) is 0 Å². The molecule has 7 nitrogen and oxygen atoms in total. The molecule has 0 saturated heterocycles. The van der Waals surface area contributed by atoms with Crippen molar-refractivity contribution in [2.24, 2.45) is 0 Å². The number of sulfonamides is 1. The molecule has 10 heteroatoms. The molecule has 1 aromatic heterocycles. The lowest BCUT2D eigenvalue weighted by Crippen LogP contribution is -2.16. The number of ether oxygens (including phenoxy) is 2. The largest absolute Gasteiger partial charge is 0.479 e. The number of hydrogen-bond acceptors (Lipinski definition) is 6. The zero-order chi connectivity index (χ0) is 17.0. The van der Waals surface area contributed by atoms with Gasteiger partial charge in [0.15, 0.2) is 0 Å². The summed E-state index contributed by atoms with van der Waals surface area (Å²) in [6.45, 7) is 0. The van der Waals surface area contributed by atoms with E-state index in [1.54, 1.807) is 0 Å². The normalized spacial score (nSPS) is 11.1. The highest BCUT2D eigenvalue weighted by atomic mass is 32.2. The standard InChI is InChI=1S/C13H13F2N3O4S/c1-21-12-11(6-16-13(17-12)22-2)18-23(19,20)7-8-3-9(14)5-10(15)4-8/h3-6,18H,7H2,1-2H3. The van der Waals surface area contributed by atoms with Gasteiger partial charge in [-0.25, -0.2) is 22.2 Å². The van der Waals surface area contributed by atoms with Crippen LogP contribution >= 0.6 is 0 Å². The van der Waals surface area contributed by atoms with Crippen LogP contribution in [-0.2, 0) is 15.8 Å². The van der Waals surface area contributed by atoms with Crippen LogP contribution in [0, 0.1) is 11.6 Å². The molecule has 1 heterocycles. The van der Waals surface area contributed by atoms with Crippen molar-refractivity contribution < 1.29 is 26.7 Å². The highest BCUT2D eigenvalue weighted by Gasteiger charge is 2.17. The molecule has 0 spiro atoms. The summed E-state index contributed by atoms with van der Waals surface area (Å²) in [6.07, 6.45) is 1.16. The third kappa shape index (κ3) is 4.49. The Morgan fingerprint density at radius 2 is 1.78 bits per heavy atom. The van der Waals surface area contributed by atoms with Gasteiger partial charge in [0, 0.05) is 6.07 Å². The Labute approximate surface area is 131 Å². The van der Waals surface area contributed by atoms with Crippen molar-refractivity contribution in [2.75, 3.05) is 18.9 Å². The molecule has 0 fully saturated rings. The summed E-state index contributed by atoms with van der Waals surface area (Å²) in [5.41, 5.74) is -0.0615. The molecule has 0 aliphatic carbocycles. The predicted octanol–water partition coefficient (Wildman–Crippen LogP) is 1.71. The van der Waals surface area contributed by atoms with Gasteiger partial charge in [0.1, 0.15) is 17.3 Å². The average Bonchev–Trinajstić information content (AvgIpc) is 2.45. The van der Waals surface area contributed by atoms with E-state index in [4.69, 9.17) is 9.47 Å². The maximum Gasteiger partial charge on any atom is 0.319 e. The van der Waals surface area contributed by atoms with E-state index in [0.29, 0.717) is 6.07 Å². The molecule has 124 valence electrons. The second kappa shape index (κ2) is 6.73. The lowest BCUT2D eigenvalue weighted by molar-refractivity contribution is 0.353. The fourth-order valence-corrected chi connectivity index (χ4v) is 2.94. The summed E-state index contributed by atoms with van der Waals surface area (Å²) in [7, 11) is -1.32. The van der Waals surface area contributed by atoms with Crippen molar-refractivity contribution in [3.8, 4) is 11.9 Å². The van der Waals surface area contributed by atoms with Crippen LogP contribution in [0.5, 0.6) is 11.9 Å². The van der Waals surface area contributed by atoms with Crippen molar-refractivity contribution >= 4 is 15.7 Å². The number of methoxy groups -OCH3 is 2. The number of anilines is 1. The van der Waals surface area contributed by atoms with Gasteiger partial charge < -0.3 is 9.47 Å². The summed E-state index contributed by atoms with van der Waals surface area (Å²) in [6, 6.07) is 2.52. The molecule has 0 amide bonds. The first kappa shape index (κ1) is 16.9. The van der Waals surface area contributed by atoms with Crippen LogP contribution in [0.4, 0.5) is 14.5 Å². The minimum atomic E-state index is -3.96. The molecule has 1 aromatic carbocycles. The second-order valence-electron chi connectivity index (χ2n) is 4.42. The molecule has 0 atom stereocenters. The Balaban J connectivity index is 2.24. The van der Waals surface area contributed by atoms with Gasteiger partial charge in [-0.15, -0.1) is 0 Å². The maximum absolute atomic E-state index is 13.1. The van der Waals surface area contributed by atoms with Crippen molar-refractivity contribution in [3.63, 3.8) is 0 Å². The summed E-state index contributed by atoms with van der Waals surface area (Å²) >= 11 is 0. The fourth-order valence-electron chi connectivity index (χ4n) is 1.79. The van der Waals surface area contributed by atoms with Crippen molar-refractivity contribution in [2.45, 2.75) is 5.75 Å². The summed E-state index contributed by atoms with van der Waals surface area (Å²) in [4.78, 5) is 7.59. The van der Waals surface area contributed by atoms with Crippen LogP contribution < -0.4 is 14.2 Å². The monoisotopic (exact) mass is 345 g/mol. The SMILES string of the molecule is COc1ncc(NS(=O)(=O)Cc2cc(F)cc(F)c2)c(OC)n1. The van der Waals surface area contributed by atoms with Gasteiger partial charge in [0.25, 0.3) is 0 Å². The number of halogens is 2. The third-order valence-electron chi connectivity index (χ3n) is 2.65. The van der Waals surface area contributed by atoms with E-state index in [0.717, 1.165) is 18.3 Å². The Kier molecular flexibility index (Phi) is 4.94. The van der Waals surface area contributed by atoms with Gasteiger partial charge in [-0.1, -0.05) is 0 Å². The molecule has 0 unspecified atom stereocenters. The third-order valence-corrected chi connectivity index (χ3v) is 3.90. The molecule has 0 radical (unpaired) electrons. The predicted molar refractivity (Wildman–Crippen MR) is 77.7 cm³/mol. The Bertz CT molecular complexity index is 795. The van der Waals surface area contributed by atoms with E-state index in [-0.39, 0.29) is 23.1 Å². The number of rotatable bonds is 6. The van der Waals surface area contributed by atoms with E-state index < -0.39 is 27.4 Å².